The minimum absolute atomic E-state index is 0.0852. The average Bonchev–Trinajstić information content (AvgIpc) is 3.29. The number of nitrogens with zero attached hydrogens (tertiary/aromatic N) is 3. The molecule has 1 aromatic carbocycles. The lowest BCUT2D eigenvalue weighted by Crippen LogP contribution is -2.39. The van der Waals surface area contributed by atoms with Crippen molar-refractivity contribution < 1.29 is 9.59 Å². The van der Waals surface area contributed by atoms with Crippen molar-refractivity contribution in [2.45, 2.75) is 75.2 Å². The number of imide groups is 1. The third-order valence-electron chi connectivity index (χ3n) is 5.26. The van der Waals surface area contributed by atoms with Gasteiger partial charge in [0.2, 0.25) is 5.91 Å². The predicted octanol–water partition coefficient (Wildman–Crippen LogP) is 4.03. The average molecular weight is 416 g/mol. The molecule has 1 heterocycles. The summed E-state index contributed by atoms with van der Waals surface area (Å²) in [7, 11) is 0. The van der Waals surface area contributed by atoms with E-state index < -0.39 is 17.2 Å². The Morgan fingerprint density at radius 1 is 1.17 bits per heavy atom. The van der Waals surface area contributed by atoms with Crippen molar-refractivity contribution in [3.05, 3.63) is 29.8 Å². The number of rotatable bonds is 5. The van der Waals surface area contributed by atoms with E-state index in [1.807, 2.05) is 0 Å². The molecule has 2 aromatic rings. The van der Waals surface area contributed by atoms with Crippen LogP contribution in [-0.2, 0) is 10.2 Å². The molecule has 7 nitrogen and oxygen atoms in total. The standard InChI is InChI=1S/C21H29N5O2S/c1-13(18(27)23-19(22)28)29-20-25-24-17(26(20)16-7-5-6-8-16)14-9-11-15(12-10-14)21(2,3)4/h9-13,16H,5-8H2,1-4H3,(H3,22,23,27,28). The summed E-state index contributed by atoms with van der Waals surface area (Å²) in [6.45, 7) is 8.30. The number of carbonyl (C=O) groups is 2. The molecule has 1 aromatic heterocycles. The first-order valence-corrected chi connectivity index (χ1v) is 10.9. The Hall–Kier alpha value is -2.35. The molecule has 3 amide bonds. The second-order valence-corrected chi connectivity index (χ2v) is 9.86. The fourth-order valence-electron chi connectivity index (χ4n) is 3.60. The zero-order valence-electron chi connectivity index (χ0n) is 17.4. The first-order valence-electron chi connectivity index (χ1n) is 9.99. The molecule has 1 saturated carbocycles. The van der Waals surface area contributed by atoms with Gasteiger partial charge in [-0.25, -0.2) is 4.79 Å². The Labute approximate surface area is 175 Å². The fourth-order valence-corrected chi connectivity index (χ4v) is 4.52. The monoisotopic (exact) mass is 415 g/mol. The third-order valence-corrected chi connectivity index (χ3v) is 6.32. The highest BCUT2D eigenvalue weighted by Gasteiger charge is 2.27. The highest BCUT2D eigenvalue weighted by molar-refractivity contribution is 8.00. The van der Waals surface area contributed by atoms with Gasteiger partial charge in [0, 0.05) is 11.6 Å². The highest BCUT2D eigenvalue weighted by atomic mass is 32.2. The molecular formula is C21H29N5O2S. The lowest BCUT2D eigenvalue weighted by Gasteiger charge is -2.20. The number of primary amides is 1. The van der Waals surface area contributed by atoms with E-state index in [-0.39, 0.29) is 5.41 Å². The van der Waals surface area contributed by atoms with Crippen LogP contribution in [0.15, 0.2) is 29.4 Å². The van der Waals surface area contributed by atoms with Crippen molar-refractivity contribution in [3.63, 3.8) is 0 Å². The van der Waals surface area contributed by atoms with E-state index in [1.54, 1.807) is 6.92 Å². The fraction of sp³-hybridized carbons (Fsp3) is 0.524. The molecule has 3 rings (SSSR count). The van der Waals surface area contributed by atoms with E-state index in [2.05, 4.69) is 65.1 Å². The third kappa shape index (κ3) is 4.98. The van der Waals surface area contributed by atoms with Crippen LogP contribution in [0.1, 0.15) is 65.0 Å². The maximum Gasteiger partial charge on any atom is 0.318 e. The minimum Gasteiger partial charge on any atom is -0.351 e. The van der Waals surface area contributed by atoms with E-state index in [4.69, 9.17) is 5.73 Å². The summed E-state index contributed by atoms with van der Waals surface area (Å²) < 4.78 is 2.16. The number of aromatic nitrogens is 3. The van der Waals surface area contributed by atoms with Crippen LogP contribution in [0.5, 0.6) is 0 Å². The van der Waals surface area contributed by atoms with Gasteiger partial charge in [-0.2, -0.15) is 0 Å². The Balaban J connectivity index is 1.92. The van der Waals surface area contributed by atoms with E-state index in [1.165, 1.54) is 30.2 Å². The van der Waals surface area contributed by atoms with Gasteiger partial charge in [0.15, 0.2) is 11.0 Å². The molecule has 1 atom stereocenters. The summed E-state index contributed by atoms with van der Waals surface area (Å²) in [6, 6.07) is 7.93. The molecule has 0 saturated heterocycles. The molecule has 0 aliphatic heterocycles. The van der Waals surface area contributed by atoms with Crippen molar-refractivity contribution >= 4 is 23.7 Å². The Morgan fingerprint density at radius 3 is 2.34 bits per heavy atom. The van der Waals surface area contributed by atoms with Gasteiger partial charge in [-0.15, -0.1) is 10.2 Å². The smallest absolute Gasteiger partial charge is 0.318 e. The molecule has 1 aliphatic carbocycles. The summed E-state index contributed by atoms with van der Waals surface area (Å²) in [4.78, 5) is 23.1. The van der Waals surface area contributed by atoms with Gasteiger partial charge >= 0.3 is 6.03 Å². The molecular weight excluding hydrogens is 386 g/mol. The molecule has 1 unspecified atom stereocenters. The first-order chi connectivity index (χ1) is 13.7. The van der Waals surface area contributed by atoms with Crippen molar-refractivity contribution in [3.8, 4) is 11.4 Å². The summed E-state index contributed by atoms with van der Waals surface area (Å²) in [5.74, 6) is 0.391. The number of hydrogen-bond acceptors (Lipinski definition) is 5. The normalized spacial score (nSPS) is 16.0. The van der Waals surface area contributed by atoms with Gasteiger partial charge in [-0.1, -0.05) is 69.6 Å². The van der Waals surface area contributed by atoms with Gasteiger partial charge in [-0.05, 0) is 30.7 Å². The SMILES string of the molecule is CC(Sc1nnc(-c2ccc(C(C)(C)C)cc2)n1C1CCCC1)C(=O)NC(N)=O. The number of nitrogens with two attached hydrogens (primary N) is 1. The summed E-state index contributed by atoms with van der Waals surface area (Å²) in [5, 5.41) is 11.2. The second-order valence-electron chi connectivity index (χ2n) is 8.56. The van der Waals surface area contributed by atoms with E-state index in [0.29, 0.717) is 11.2 Å². The van der Waals surface area contributed by atoms with E-state index in [9.17, 15) is 9.59 Å². The van der Waals surface area contributed by atoms with Crippen molar-refractivity contribution in [2.24, 2.45) is 5.73 Å². The van der Waals surface area contributed by atoms with E-state index >= 15 is 0 Å². The largest absolute Gasteiger partial charge is 0.351 e. The number of thioether (sulfide) groups is 1. The number of carbonyl (C=O) groups excluding carboxylic acids is 2. The molecule has 156 valence electrons. The van der Waals surface area contributed by atoms with Gasteiger partial charge in [0.1, 0.15) is 0 Å². The Bertz CT molecular complexity index is 879. The summed E-state index contributed by atoms with van der Waals surface area (Å²) in [6.07, 6.45) is 4.49. The van der Waals surface area contributed by atoms with Crippen LogP contribution in [0, 0.1) is 0 Å². The van der Waals surface area contributed by atoms with Crippen LogP contribution in [0.4, 0.5) is 4.79 Å². The van der Waals surface area contributed by atoms with Crippen LogP contribution < -0.4 is 11.1 Å². The topological polar surface area (TPSA) is 103 Å². The number of hydrogen-bond donors (Lipinski definition) is 2. The van der Waals surface area contributed by atoms with Crippen LogP contribution in [-0.4, -0.2) is 32.0 Å². The summed E-state index contributed by atoms with van der Waals surface area (Å²) in [5.41, 5.74) is 7.42. The lowest BCUT2D eigenvalue weighted by atomic mass is 9.86. The molecule has 3 N–H and O–H groups in total. The maximum atomic E-state index is 12.1. The molecule has 0 radical (unpaired) electrons. The van der Waals surface area contributed by atoms with Crippen molar-refractivity contribution in [1.29, 1.82) is 0 Å². The molecule has 8 heteroatoms. The molecule has 0 spiro atoms. The molecule has 0 bridgehead atoms. The number of benzene rings is 1. The van der Waals surface area contributed by atoms with Gasteiger partial charge in [0.25, 0.3) is 0 Å². The quantitative estimate of drug-likeness (QED) is 0.718. The minimum atomic E-state index is -0.848. The first kappa shape index (κ1) is 21.4. The van der Waals surface area contributed by atoms with Crippen molar-refractivity contribution in [1.82, 2.24) is 20.1 Å². The summed E-state index contributed by atoms with van der Waals surface area (Å²) >= 11 is 1.30. The Kier molecular flexibility index (Phi) is 6.31. The van der Waals surface area contributed by atoms with Crippen LogP contribution in [0.25, 0.3) is 11.4 Å². The lowest BCUT2D eigenvalue weighted by molar-refractivity contribution is -0.119. The van der Waals surface area contributed by atoms with Crippen LogP contribution in [0.3, 0.4) is 0 Å². The number of urea groups is 1. The molecule has 1 aliphatic rings. The Morgan fingerprint density at radius 2 is 1.79 bits per heavy atom. The van der Waals surface area contributed by atoms with Gasteiger partial charge in [-0.3, -0.25) is 14.7 Å². The zero-order valence-corrected chi connectivity index (χ0v) is 18.3. The molecule has 29 heavy (non-hydrogen) atoms. The predicted molar refractivity (Wildman–Crippen MR) is 115 cm³/mol. The highest BCUT2D eigenvalue weighted by Crippen LogP contribution is 2.38. The number of amides is 3. The van der Waals surface area contributed by atoms with Gasteiger partial charge < -0.3 is 5.73 Å². The number of nitrogens with one attached hydrogen (secondary N) is 1. The second kappa shape index (κ2) is 8.57. The van der Waals surface area contributed by atoms with Crippen LogP contribution >= 0.6 is 11.8 Å². The van der Waals surface area contributed by atoms with Gasteiger partial charge in [0.05, 0.1) is 5.25 Å². The molecule has 1 fully saturated rings. The van der Waals surface area contributed by atoms with Crippen LogP contribution in [0.2, 0.25) is 0 Å². The van der Waals surface area contributed by atoms with Crippen molar-refractivity contribution in [2.75, 3.05) is 0 Å². The zero-order chi connectivity index (χ0) is 21.2. The van der Waals surface area contributed by atoms with E-state index in [0.717, 1.165) is 24.2 Å². The maximum absolute atomic E-state index is 12.1.